The highest BCUT2D eigenvalue weighted by atomic mass is 19.1. The zero-order valence-electron chi connectivity index (χ0n) is 14.4. The molecule has 1 fully saturated rings. The van der Waals surface area contributed by atoms with Crippen molar-refractivity contribution in [3.8, 4) is 11.5 Å². The SMILES string of the molecule is CN(Cc1ccc2c(c1)OCO2)C(=O)C1CNNC1c1ccc(F)cc1. The number of halogens is 1. The van der Waals surface area contributed by atoms with Gasteiger partial charge in [-0.15, -0.1) is 0 Å². The Bertz CT molecular complexity index is 812. The topological polar surface area (TPSA) is 62.8 Å². The van der Waals surface area contributed by atoms with E-state index in [1.165, 1.54) is 12.1 Å². The predicted octanol–water partition coefficient (Wildman–Crippen LogP) is 1.98. The largest absolute Gasteiger partial charge is 0.454 e. The Hall–Kier alpha value is -2.64. The average molecular weight is 357 g/mol. The third kappa shape index (κ3) is 3.23. The molecule has 0 spiro atoms. The lowest BCUT2D eigenvalue weighted by atomic mass is 9.93. The van der Waals surface area contributed by atoms with Crippen LogP contribution in [0.25, 0.3) is 0 Å². The van der Waals surface area contributed by atoms with Gasteiger partial charge in [0.1, 0.15) is 5.82 Å². The number of hydrazine groups is 1. The summed E-state index contributed by atoms with van der Waals surface area (Å²) in [5, 5.41) is 0. The molecular weight excluding hydrogens is 337 g/mol. The molecule has 2 atom stereocenters. The highest BCUT2D eigenvalue weighted by molar-refractivity contribution is 5.80. The first-order valence-corrected chi connectivity index (χ1v) is 8.49. The van der Waals surface area contributed by atoms with Crippen LogP contribution in [0.3, 0.4) is 0 Å². The quantitative estimate of drug-likeness (QED) is 0.876. The van der Waals surface area contributed by atoms with E-state index in [2.05, 4.69) is 10.9 Å². The minimum atomic E-state index is -0.289. The first-order chi connectivity index (χ1) is 12.6. The molecule has 2 heterocycles. The van der Waals surface area contributed by atoms with Crippen molar-refractivity contribution in [3.05, 3.63) is 59.4 Å². The van der Waals surface area contributed by atoms with Crippen molar-refractivity contribution in [2.45, 2.75) is 12.6 Å². The van der Waals surface area contributed by atoms with Gasteiger partial charge in [-0.25, -0.2) is 9.82 Å². The van der Waals surface area contributed by atoms with Gasteiger partial charge in [0.05, 0.1) is 12.0 Å². The summed E-state index contributed by atoms with van der Waals surface area (Å²) < 4.78 is 23.9. The van der Waals surface area contributed by atoms with Gasteiger partial charge in [-0.2, -0.15) is 0 Å². The molecule has 4 rings (SSSR count). The standard InChI is InChI=1S/C19H20FN3O3/c1-23(10-12-2-7-16-17(8-12)26-11-25-16)19(24)15-9-21-22-18(15)13-3-5-14(20)6-4-13/h2-8,15,18,21-22H,9-11H2,1H3. The summed E-state index contributed by atoms with van der Waals surface area (Å²) in [5.41, 5.74) is 8.02. The zero-order valence-corrected chi connectivity index (χ0v) is 14.4. The van der Waals surface area contributed by atoms with E-state index in [1.807, 2.05) is 18.2 Å². The first-order valence-electron chi connectivity index (χ1n) is 8.49. The predicted molar refractivity (Wildman–Crippen MR) is 92.8 cm³/mol. The number of amides is 1. The molecule has 1 amide bonds. The monoisotopic (exact) mass is 357 g/mol. The summed E-state index contributed by atoms with van der Waals surface area (Å²) in [6.45, 7) is 1.22. The summed E-state index contributed by atoms with van der Waals surface area (Å²) in [7, 11) is 1.78. The summed E-state index contributed by atoms with van der Waals surface area (Å²) >= 11 is 0. The number of rotatable bonds is 4. The van der Waals surface area contributed by atoms with Gasteiger partial charge in [0, 0.05) is 20.1 Å². The number of carbonyl (C=O) groups excluding carboxylic acids is 1. The van der Waals surface area contributed by atoms with E-state index >= 15 is 0 Å². The van der Waals surface area contributed by atoms with Gasteiger partial charge >= 0.3 is 0 Å². The molecule has 136 valence electrons. The van der Waals surface area contributed by atoms with Gasteiger partial charge in [0.25, 0.3) is 0 Å². The number of carbonyl (C=O) groups is 1. The number of hydrogen-bond acceptors (Lipinski definition) is 5. The molecule has 0 aromatic heterocycles. The highest BCUT2D eigenvalue weighted by Gasteiger charge is 2.35. The van der Waals surface area contributed by atoms with Crippen LogP contribution in [0.5, 0.6) is 11.5 Å². The van der Waals surface area contributed by atoms with E-state index in [9.17, 15) is 9.18 Å². The van der Waals surface area contributed by atoms with E-state index in [1.54, 1.807) is 24.1 Å². The summed E-state index contributed by atoms with van der Waals surface area (Å²) in [5.74, 6) is 0.900. The average Bonchev–Trinajstić information content (AvgIpc) is 3.30. The van der Waals surface area contributed by atoms with Gasteiger partial charge in [0.15, 0.2) is 11.5 Å². The highest BCUT2D eigenvalue weighted by Crippen LogP contribution is 2.33. The van der Waals surface area contributed by atoms with Crippen LogP contribution in [-0.4, -0.2) is 31.2 Å². The molecule has 2 N–H and O–H groups in total. The third-order valence-electron chi connectivity index (χ3n) is 4.76. The summed E-state index contributed by atoms with van der Waals surface area (Å²) in [4.78, 5) is 14.7. The van der Waals surface area contributed by atoms with E-state index < -0.39 is 0 Å². The van der Waals surface area contributed by atoms with Crippen LogP contribution < -0.4 is 20.3 Å². The van der Waals surface area contributed by atoms with Crippen molar-refractivity contribution < 1.29 is 18.7 Å². The van der Waals surface area contributed by atoms with Crippen LogP contribution in [0.2, 0.25) is 0 Å². The Labute approximate surface area is 150 Å². The van der Waals surface area contributed by atoms with Crippen LogP contribution >= 0.6 is 0 Å². The minimum Gasteiger partial charge on any atom is -0.454 e. The van der Waals surface area contributed by atoms with Gasteiger partial charge in [-0.1, -0.05) is 18.2 Å². The second-order valence-corrected chi connectivity index (χ2v) is 6.54. The smallest absolute Gasteiger partial charge is 0.231 e. The molecule has 1 saturated heterocycles. The van der Waals surface area contributed by atoms with Crippen molar-refractivity contribution in [2.75, 3.05) is 20.4 Å². The second-order valence-electron chi connectivity index (χ2n) is 6.54. The van der Waals surface area contributed by atoms with Gasteiger partial charge < -0.3 is 14.4 Å². The van der Waals surface area contributed by atoms with Crippen molar-refractivity contribution >= 4 is 5.91 Å². The molecule has 2 unspecified atom stereocenters. The maximum atomic E-state index is 13.2. The van der Waals surface area contributed by atoms with Gasteiger partial charge in [0.2, 0.25) is 12.7 Å². The van der Waals surface area contributed by atoms with Gasteiger partial charge in [-0.05, 0) is 35.4 Å². The fraction of sp³-hybridized carbons (Fsp3) is 0.316. The number of fused-ring (bicyclic) bond motifs is 1. The molecule has 0 bridgehead atoms. The molecule has 0 radical (unpaired) electrons. The molecule has 26 heavy (non-hydrogen) atoms. The van der Waals surface area contributed by atoms with Crippen molar-refractivity contribution in [1.82, 2.24) is 15.8 Å². The fourth-order valence-electron chi connectivity index (χ4n) is 3.39. The molecule has 0 aliphatic carbocycles. The lowest BCUT2D eigenvalue weighted by Gasteiger charge is -2.24. The molecule has 2 aromatic carbocycles. The van der Waals surface area contributed by atoms with Crippen LogP contribution in [0.1, 0.15) is 17.2 Å². The van der Waals surface area contributed by atoms with Crippen molar-refractivity contribution in [3.63, 3.8) is 0 Å². The Balaban J connectivity index is 1.46. The van der Waals surface area contributed by atoms with Gasteiger partial charge in [-0.3, -0.25) is 10.2 Å². The third-order valence-corrected chi connectivity index (χ3v) is 4.76. The lowest BCUT2D eigenvalue weighted by molar-refractivity contribution is -0.134. The Kier molecular flexibility index (Phi) is 4.48. The fourth-order valence-corrected chi connectivity index (χ4v) is 3.39. The maximum Gasteiger partial charge on any atom is 0.231 e. The van der Waals surface area contributed by atoms with Crippen LogP contribution in [0.4, 0.5) is 4.39 Å². The molecule has 2 aromatic rings. The normalized spacial score (nSPS) is 21.0. The van der Waals surface area contributed by atoms with Crippen molar-refractivity contribution in [1.29, 1.82) is 0 Å². The number of ether oxygens (including phenoxy) is 2. The number of hydrogen-bond donors (Lipinski definition) is 2. The zero-order chi connectivity index (χ0) is 18.1. The first kappa shape index (κ1) is 16.8. The molecule has 2 aliphatic rings. The van der Waals surface area contributed by atoms with Crippen LogP contribution in [0.15, 0.2) is 42.5 Å². The molecule has 2 aliphatic heterocycles. The minimum absolute atomic E-state index is 0.0227. The van der Waals surface area contributed by atoms with Crippen LogP contribution in [0, 0.1) is 11.7 Å². The Morgan fingerprint density at radius 1 is 1.19 bits per heavy atom. The number of benzene rings is 2. The summed E-state index contributed by atoms with van der Waals surface area (Å²) in [6.07, 6.45) is 0. The van der Waals surface area contributed by atoms with Crippen molar-refractivity contribution in [2.24, 2.45) is 5.92 Å². The van der Waals surface area contributed by atoms with Crippen LogP contribution in [-0.2, 0) is 11.3 Å². The summed E-state index contributed by atoms with van der Waals surface area (Å²) in [6, 6.07) is 11.7. The number of nitrogens with zero attached hydrogens (tertiary/aromatic N) is 1. The van der Waals surface area contributed by atoms with E-state index in [4.69, 9.17) is 9.47 Å². The number of nitrogens with one attached hydrogen (secondary N) is 2. The molecular formula is C19H20FN3O3. The van der Waals surface area contributed by atoms with E-state index in [0.29, 0.717) is 18.8 Å². The lowest BCUT2D eigenvalue weighted by Crippen LogP contribution is -2.36. The Morgan fingerprint density at radius 3 is 2.77 bits per heavy atom. The maximum absolute atomic E-state index is 13.2. The Morgan fingerprint density at radius 2 is 1.96 bits per heavy atom. The van der Waals surface area contributed by atoms with E-state index in [0.717, 1.165) is 16.9 Å². The molecule has 6 nitrogen and oxygen atoms in total. The molecule has 7 heteroatoms. The van der Waals surface area contributed by atoms with E-state index in [-0.39, 0.29) is 30.5 Å². The molecule has 0 saturated carbocycles. The second kappa shape index (κ2) is 6.93.